The summed E-state index contributed by atoms with van der Waals surface area (Å²) >= 11 is 6.34. The van der Waals surface area contributed by atoms with Crippen molar-refractivity contribution in [3.05, 3.63) is 79.5 Å². The molecule has 0 spiro atoms. The molecule has 0 aliphatic carbocycles. The predicted octanol–water partition coefficient (Wildman–Crippen LogP) is 4.57. The zero-order valence-corrected chi connectivity index (χ0v) is 27.7. The van der Waals surface area contributed by atoms with Crippen LogP contribution in [0.15, 0.2) is 52.7 Å². The standard InChI is InChI=1S/C30H42ClFN14O2/c1-3-23(4-2)48-24-7-5-6-22(14-24)42-30(39-18-33)38-16-27(28(34)19-8-9-25(31)20(12-19)15-41-44-36)45(11-10-40-43-35)29(47)26-13-21(32)17-46(26)37/h5-9,12,14,21,23,26-28,30,38-39,42H,3-4,10-11,13,15-17,34,37H2,1-2H3/t21-,26-,27?,28?,30?/m1/s1. The van der Waals surface area contributed by atoms with E-state index in [0.29, 0.717) is 27.6 Å². The van der Waals surface area contributed by atoms with Gasteiger partial charge in [-0.25, -0.2) is 9.40 Å². The highest BCUT2D eigenvalue weighted by Gasteiger charge is 2.41. The Morgan fingerprint density at radius 2 is 2.00 bits per heavy atom. The van der Waals surface area contributed by atoms with Gasteiger partial charge in [-0.3, -0.25) is 21.3 Å². The molecule has 16 nitrogen and oxygen atoms in total. The molecule has 1 heterocycles. The first-order valence-electron chi connectivity index (χ1n) is 15.6. The second kappa shape index (κ2) is 19.3. The van der Waals surface area contributed by atoms with E-state index in [1.807, 2.05) is 44.3 Å². The predicted molar refractivity (Wildman–Crippen MR) is 181 cm³/mol. The van der Waals surface area contributed by atoms with Crippen molar-refractivity contribution in [2.45, 2.75) is 76.3 Å². The Morgan fingerprint density at radius 1 is 1.25 bits per heavy atom. The fourth-order valence-corrected chi connectivity index (χ4v) is 5.66. The van der Waals surface area contributed by atoms with Gasteiger partial charge in [-0.1, -0.05) is 53.9 Å². The first-order valence-corrected chi connectivity index (χ1v) is 16.0. The minimum atomic E-state index is -1.30. The molecule has 258 valence electrons. The van der Waals surface area contributed by atoms with Crippen LogP contribution in [-0.4, -0.2) is 72.6 Å². The molecule has 1 aliphatic rings. The number of ether oxygens (including phenoxy) is 1. The van der Waals surface area contributed by atoms with E-state index in [9.17, 15) is 14.4 Å². The number of amides is 1. The smallest absolute Gasteiger partial charge is 0.241 e. The number of nitrogens with one attached hydrogen (secondary N) is 3. The molecule has 7 N–H and O–H groups in total. The number of halogens is 2. The number of nitrogens with two attached hydrogens (primary N) is 2. The third-order valence-corrected chi connectivity index (χ3v) is 8.40. The number of hydrogen-bond acceptors (Lipinski definition) is 11. The lowest BCUT2D eigenvalue weighted by atomic mass is 9.96. The molecule has 1 aliphatic heterocycles. The van der Waals surface area contributed by atoms with Gasteiger partial charge in [0.2, 0.25) is 5.91 Å². The van der Waals surface area contributed by atoms with Crippen LogP contribution in [0.25, 0.3) is 20.9 Å². The molecule has 2 aromatic rings. The largest absolute Gasteiger partial charge is 0.490 e. The minimum absolute atomic E-state index is 0.00408. The van der Waals surface area contributed by atoms with E-state index in [1.54, 1.807) is 18.2 Å². The van der Waals surface area contributed by atoms with Crippen LogP contribution in [0.2, 0.25) is 5.02 Å². The molecule has 18 heteroatoms. The number of azide groups is 2. The second-order valence-electron chi connectivity index (χ2n) is 11.2. The van der Waals surface area contributed by atoms with Gasteiger partial charge in [-0.15, -0.1) is 0 Å². The number of nitrogens with zero attached hydrogens (tertiary/aromatic N) is 9. The highest BCUT2D eigenvalue weighted by Crippen LogP contribution is 2.28. The summed E-state index contributed by atoms with van der Waals surface area (Å²) in [5.41, 5.74) is 26.4. The maximum absolute atomic E-state index is 14.3. The molecule has 1 saturated heterocycles. The molecule has 5 atom stereocenters. The van der Waals surface area contributed by atoms with Gasteiger partial charge in [-0.2, -0.15) is 5.26 Å². The molecule has 3 unspecified atom stereocenters. The third-order valence-electron chi connectivity index (χ3n) is 8.03. The molecule has 2 aromatic carbocycles. The fraction of sp³-hybridized carbons (Fsp3) is 0.533. The van der Waals surface area contributed by atoms with Crippen LogP contribution < -0.4 is 32.3 Å². The van der Waals surface area contributed by atoms with Crippen molar-refractivity contribution in [3.63, 3.8) is 0 Å². The Labute approximate surface area is 283 Å². The van der Waals surface area contributed by atoms with E-state index in [4.69, 9.17) is 39.0 Å². The van der Waals surface area contributed by atoms with E-state index in [2.05, 4.69) is 36.0 Å². The third kappa shape index (κ3) is 10.8. The van der Waals surface area contributed by atoms with Crippen molar-refractivity contribution in [1.29, 1.82) is 5.26 Å². The molecule has 0 aromatic heterocycles. The highest BCUT2D eigenvalue weighted by atomic mass is 35.5. The average Bonchev–Trinajstić information content (AvgIpc) is 3.43. The summed E-state index contributed by atoms with van der Waals surface area (Å²) < 4.78 is 20.4. The number of carbonyl (C=O) groups is 1. The number of anilines is 1. The van der Waals surface area contributed by atoms with Gasteiger partial charge in [0.15, 0.2) is 12.5 Å². The molecule has 0 radical (unpaired) electrons. The Bertz CT molecular complexity index is 1490. The normalized spacial score (nSPS) is 17.7. The van der Waals surface area contributed by atoms with E-state index < -0.39 is 36.5 Å². The first-order chi connectivity index (χ1) is 23.1. The summed E-state index contributed by atoms with van der Waals surface area (Å²) in [5.74, 6) is 6.20. The van der Waals surface area contributed by atoms with Gasteiger partial charge in [0.25, 0.3) is 0 Å². The van der Waals surface area contributed by atoms with Gasteiger partial charge in [0.05, 0.1) is 24.7 Å². The van der Waals surface area contributed by atoms with Crippen LogP contribution in [0.5, 0.6) is 5.75 Å². The van der Waals surface area contributed by atoms with Gasteiger partial charge < -0.3 is 20.7 Å². The molecule has 1 amide bonds. The van der Waals surface area contributed by atoms with Crippen molar-refractivity contribution in [3.8, 4) is 11.9 Å². The number of hydrazine groups is 1. The van der Waals surface area contributed by atoms with Crippen LogP contribution in [0.4, 0.5) is 10.1 Å². The lowest BCUT2D eigenvalue weighted by Gasteiger charge is -2.39. The average molecular weight is 685 g/mol. The van der Waals surface area contributed by atoms with E-state index in [1.165, 1.54) is 4.90 Å². The van der Waals surface area contributed by atoms with Crippen molar-refractivity contribution >= 4 is 23.2 Å². The topological polar surface area (TPSA) is 242 Å². The van der Waals surface area contributed by atoms with Crippen LogP contribution >= 0.6 is 11.6 Å². The zero-order chi connectivity index (χ0) is 35.1. The summed E-state index contributed by atoms with van der Waals surface area (Å²) in [6.07, 6.45) is 1.43. The lowest BCUT2D eigenvalue weighted by Crippen LogP contribution is -2.59. The first kappa shape index (κ1) is 37.9. The van der Waals surface area contributed by atoms with E-state index >= 15 is 0 Å². The minimum Gasteiger partial charge on any atom is -0.490 e. The van der Waals surface area contributed by atoms with Crippen LogP contribution in [0, 0.1) is 11.5 Å². The van der Waals surface area contributed by atoms with Crippen LogP contribution in [0.3, 0.4) is 0 Å². The van der Waals surface area contributed by atoms with Gasteiger partial charge in [-0.05, 0) is 53.2 Å². The van der Waals surface area contributed by atoms with Gasteiger partial charge in [0.1, 0.15) is 18.0 Å². The van der Waals surface area contributed by atoms with Crippen LogP contribution in [0.1, 0.15) is 50.3 Å². The molecular formula is C30H42ClFN14O2. The Hall–Kier alpha value is -4.52. The quantitative estimate of drug-likeness (QED) is 0.0264. The fourth-order valence-electron chi connectivity index (χ4n) is 5.48. The molecule has 0 saturated carbocycles. The van der Waals surface area contributed by atoms with Crippen LogP contribution in [-0.2, 0) is 11.3 Å². The Kier molecular flexibility index (Phi) is 15.3. The molecule has 1 fully saturated rings. The molecular weight excluding hydrogens is 643 g/mol. The number of alkyl halides is 1. The SMILES string of the molecule is CCC(CC)Oc1cccc(NC(NC#N)NCC(C(N)c2ccc(Cl)c(CN=[N+]=[N-])c2)N(CCN=[N+]=[N-])C(=O)[C@H]2C[C@@H](F)CN2N)c1. The summed E-state index contributed by atoms with van der Waals surface area (Å²) in [7, 11) is 0. The van der Waals surface area contributed by atoms with Crippen molar-refractivity contribution in [2.24, 2.45) is 21.8 Å². The maximum Gasteiger partial charge on any atom is 0.241 e. The molecule has 3 rings (SSSR count). The number of rotatable bonds is 19. The zero-order valence-electron chi connectivity index (χ0n) is 26.9. The van der Waals surface area contributed by atoms with Gasteiger partial charge in [0, 0.05) is 59.2 Å². The Balaban J connectivity index is 1.97. The van der Waals surface area contributed by atoms with Crippen molar-refractivity contribution in [1.82, 2.24) is 20.5 Å². The maximum atomic E-state index is 14.3. The summed E-state index contributed by atoms with van der Waals surface area (Å²) in [5, 5.41) is 27.4. The molecule has 48 heavy (non-hydrogen) atoms. The lowest BCUT2D eigenvalue weighted by molar-refractivity contribution is -0.138. The number of hydrogen-bond donors (Lipinski definition) is 5. The van der Waals surface area contributed by atoms with Crippen molar-refractivity contribution in [2.75, 3.05) is 31.5 Å². The summed E-state index contributed by atoms with van der Waals surface area (Å²) in [6, 6.07) is 9.57. The number of benzene rings is 2. The Morgan fingerprint density at radius 3 is 2.65 bits per heavy atom. The van der Waals surface area contributed by atoms with E-state index in [0.717, 1.165) is 17.9 Å². The van der Waals surface area contributed by atoms with Gasteiger partial charge >= 0.3 is 0 Å². The highest BCUT2D eigenvalue weighted by molar-refractivity contribution is 6.31. The summed E-state index contributed by atoms with van der Waals surface area (Å²) in [4.78, 5) is 21.0. The number of carbonyl (C=O) groups excluding carboxylic acids is 1. The number of nitriles is 1. The second-order valence-corrected chi connectivity index (χ2v) is 11.6. The summed E-state index contributed by atoms with van der Waals surface area (Å²) in [6.45, 7) is 3.81. The molecule has 0 bridgehead atoms. The monoisotopic (exact) mass is 684 g/mol. The van der Waals surface area contributed by atoms with E-state index in [-0.39, 0.29) is 45.2 Å². The van der Waals surface area contributed by atoms with Crippen molar-refractivity contribution < 1.29 is 13.9 Å².